The van der Waals surface area contributed by atoms with Crippen molar-refractivity contribution >= 4 is 17.7 Å². The number of nitrogens with two attached hydrogens (primary N) is 1. The molecule has 2 aliphatic rings. The predicted octanol–water partition coefficient (Wildman–Crippen LogP) is 3.94. The summed E-state index contributed by atoms with van der Waals surface area (Å²) in [5, 5.41) is 8.56. The Bertz CT molecular complexity index is 1650. The summed E-state index contributed by atoms with van der Waals surface area (Å²) in [5.74, 6) is -5.49. The van der Waals surface area contributed by atoms with Crippen molar-refractivity contribution in [3.63, 3.8) is 0 Å². The summed E-state index contributed by atoms with van der Waals surface area (Å²) in [6.07, 6.45) is -3.56. The van der Waals surface area contributed by atoms with E-state index < -0.39 is 71.1 Å². The minimum Gasteiger partial charge on any atom is -0.366 e. The first-order chi connectivity index (χ1) is 20.8. The number of nitrogens with one attached hydrogen (secondary N) is 2. The fraction of sp³-hybridized carbons (Fsp3) is 0.345. The quantitative estimate of drug-likeness (QED) is 0.329. The number of nitrogens with zero attached hydrogens (tertiary/aromatic N) is 3. The van der Waals surface area contributed by atoms with Crippen molar-refractivity contribution in [3.05, 3.63) is 93.3 Å². The van der Waals surface area contributed by atoms with E-state index in [1.807, 2.05) is 0 Å². The fourth-order valence-corrected chi connectivity index (χ4v) is 5.74. The van der Waals surface area contributed by atoms with E-state index in [2.05, 4.69) is 20.7 Å². The summed E-state index contributed by atoms with van der Waals surface area (Å²) in [4.78, 5) is 41.9. The molecule has 1 aromatic carbocycles. The molecule has 9 nitrogen and oxygen atoms in total. The van der Waals surface area contributed by atoms with Gasteiger partial charge >= 0.3 is 6.18 Å². The molecule has 0 spiro atoms. The molecule has 2 aromatic heterocycles. The van der Waals surface area contributed by atoms with E-state index in [9.17, 15) is 40.7 Å². The Hall–Kier alpha value is -4.69. The lowest BCUT2D eigenvalue weighted by Crippen LogP contribution is -2.36. The van der Waals surface area contributed by atoms with Crippen LogP contribution in [0.2, 0.25) is 0 Å². The highest BCUT2D eigenvalue weighted by molar-refractivity contribution is 5.97. The topological polar surface area (TPSA) is 132 Å². The van der Waals surface area contributed by atoms with Crippen molar-refractivity contribution in [2.24, 2.45) is 5.73 Å². The number of hydrogen-bond acceptors (Lipinski definition) is 5. The number of hydrogen-bond donors (Lipinski definition) is 3. The summed E-state index contributed by atoms with van der Waals surface area (Å²) >= 11 is 0. The molecule has 1 unspecified atom stereocenters. The normalized spacial score (nSPS) is 17.6. The molecule has 0 bridgehead atoms. The van der Waals surface area contributed by atoms with Gasteiger partial charge in [-0.1, -0.05) is 6.07 Å². The van der Waals surface area contributed by atoms with Crippen molar-refractivity contribution in [2.45, 2.75) is 56.8 Å². The highest BCUT2D eigenvalue weighted by atomic mass is 19.4. The van der Waals surface area contributed by atoms with Gasteiger partial charge in [0.15, 0.2) is 5.69 Å². The number of rotatable bonds is 8. The van der Waals surface area contributed by atoms with Gasteiger partial charge in [0.1, 0.15) is 24.0 Å². The SMILES string of the molecule is NC(=O)C1=C(F)CCC(c2cccnc2[C@H](Cc2cc(F)cc(F)c2)NC(=O)Cn2nc(C(F)(F)F)c3c2CCNC3=O)C1. The Balaban J connectivity index is 1.49. The van der Waals surface area contributed by atoms with Crippen LogP contribution in [0.4, 0.5) is 26.3 Å². The first-order valence-corrected chi connectivity index (χ1v) is 13.6. The predicted molar refractivity (Wildman–Crippen MR) is 142 cm³/mol. The molecule has 3 amide bonds. The standard InChI is InChI=1S/C29H26F6N6O3/c30-16-8-14(9-17(31)12-16)10-21(25-18(2-1-6-37-25)15-3-4-20(32)19(11-15)27(36)43)39-23(42)13-41-22-5-7-38-28(44)24(22)26(40-41)29(33,34)35/h1-2,6,8-9,12,15,21H,3-5,7,10-11,13H2,(H2,36,43)(H,38,44)(H,39,42)/t15?,21-/m0/s1. The Labute approximate surface area is 246 Å². The van der Waals surface area contributed by atoms with Gasteiger partial charge in [-0.3, -0.25) is 24.0 Å². The van der Waals surface area contributed by atoms with E-state index in [4.69, 9.17) is 5.73 Å². The van der Waals surface area contributed by atoms with Gasteiger partial charge in [0, 0.05) is 37.2 Å². The van der Waals surface area contributed by atoms with Crippen molar-refractivity contribution in [3.8, 4) is 0 Å². The third-order valence-electron chi connectivity index (χ3n) is 7.62. The van der Waals surface area contributed by atoms with Crippen LogP contribution in [0.25, 0.3) is 0 Å². The van der Waals surface area contributed by atoms with Crippen molar-refractivity contribution in [1.29, 1.82) is 0 Å². The molecule has 4 N–H and O–H groups in total. The number of allylic oxidation sites excluding steroid dienone is 1. The van der Waals surface area contributed by atoms with Gasteiger partial charge in [0.2, 0.25) is 11.8 Å². The third-order valence-corrected chi connectivity index (χ3v) is 7.62. The molecule has 3 heterocycles. The second kappa shape index (κ2) is 12.1. The van der Waals surface area contributed by atoms with E-state index in [1.54, 1.807) is 12.1 Å². The van der Waals surface area contributed by atoms with Crippen LogP contribution in [-0.4, -0.2) is 39.0 Å². The number of primary amides is 1. The molecule has 0 saturated carbocycles. The number of pyridine rings is 1. The zero-order chi connectivity index (χ0) is 31.8. The van der Waals surface area contributed by atoms with E-state index >= 15 is 0 Å². The number of benzene rings is 1. The maximum atomic E-state index is 14.3. The van der Waals surface area contributed by atoms with Crippen LogP contribution >= 0.6 is 0 Å². The molecule has 44 heavy (non-hydrogen) atoms. The second-order valence-electron chi connectivity index (χ2n) is 10.6. The minimum atomic E-state index is -4.95. The third kappa shape index (κ3) is 6.45. The van der Waals surface area contributed by atoms with Crippen LogP contribution < -0.4 is 16.4 Å². The van der Waals surface area contributed by atoms with Gasteiger partial charge in [-0.05, 0) is 54.5 Å². The monoisotopic (exact) mass is 620 g/mol. The number of alkyl halides is 3. The molecule has 1 aliphatic carbocycles. The molecule has 0 saturated heterocycles. The van der Waals surface area contributed by atoms with E-state index in [0.717, 1.165) is 16.8 Å². The molecule has 0 radical (unpaired) electrons. The van der Waals surface area contributed by atoms with Crippen LogP contribution in [0.1, 0.15) is 69.8 Å². The summed E-state index contributed by atoms with van der Waals surface area (Å²) in [5.41, 5.74) is 3.98. The maximum absolute atomic E-state index is 14.3. The van der Waals surface area contributed by atoms with Gasteiger partial charge in [0.05, 0.1) is 23.0 Å². The van der Waals surface area contributed by atoms with Crippen molar-refractivity contribution < 1.29 is 40.7 Å². The minimum absolute atomic E-state index is 0.00176. The van der Waals surface area contributed by atoms with E-state index in [-0.39, 0.29) is 61.2 Å². The average molecular weight is 621 g/mol. The lowest BCUT2D eigenvalue weighted by atomic mass is 9.81. The number of carbonyl (C=O) groups excluding carboxylic acids is 3. The molecule has 232 valence electrons. The summed E-state index contributed by atoms with van der Waals surface area (Å²) in [6, 6.07) is 4.99. The number of amides is 3. The molecule has 15 heteroatoms. The molecule has 5 rings (SSSR count). The summed E-state index contributed by atoms with van der Waals surface area (Å²) < 4.78 is 84.4. The first kappa shape index (κ1) is 30.8. The highest BCUT2D eigenvalue weighted by Crippen LogP contribution is 2.39. The Morgan fingerprint density at radius 3 is 2.55 bits per heavy atom. The molecule has 0 fully saturated rings. The fourth-order valence-electron chi connectivity index (χ4n) is 5.74. The van der Waals surface area contributed by atoms with Gasteiger partial charge in [-0.25, -0.2) is 13.2 Å². The molecular weight excluding hydrogens is 594 g/mol. The lowest BCUT2D eigenvalue weighted by molar-refractivity contribution is -0.142. The number of halogens is 6. The van der Waals surface area contributed by atoms with Gasteiger partial charge in [-0.2, -0.15) is 18.3 Å². The molecular formula is C29H26F6N6O3. The van der Waals surface area contributed by atoms with Crippen LogP contribution in [0.5, 0.6) is 0 Å². The second-order valence-corrected chi connectivity index (χ2v) is 10.6. The molecule has 1 aliphatic heterocycles. The molecule has 3 aromatic rings. The zero-order valence-electron chi connectivity index (χ0n) is 23.0. The lowest BCUT2D eigenvalue weighted by Gasteiger charge is -2.28. The largest absolute Gasteiger partial charge is 0.435 e. The van der Waals surface area contributed by atoms with E-state index in [1.165, 1.54) is 6.20 Å². The smallest absolute Gasteiger partial charge is 0.366 e. The Morgan fingerprint density at radius 2 is 1.86 bits per heavy atom. The maximum Gasteiger partial charge on any atom is 0.435 e. The number of carbonyl (C=O) groups is 3. The van der Waals surface area contributed by atoms with Gasteiger partial charge in [0.25, 0.3) is 5.91 Å². The van der Waals surface area contributed by atoms with Crippen molar-refractivity contribution in [1.82, 2.24) is 25.4 Å². The van der Waals surface area contributed by atoms with E-state index in [0.29, 0.717) is 11.6 Å². The van der Waals surface area contributed by atoms with Crippen LogP contribution in [0.3, 0.4) is 0 Å². The zero-order valence-corrected chi connectivity index (χ0v) is 23.0. The Kier molecular flexibility index (Phi) is 8.48. The van der Waals surface area contributed by atoms with Crippen LogP contribution in [0.15, 0.2) is 47.9 Å². The van der Waals surface area contributed by atoms with Crippen LogP contribution in [-0.2, 0) is 35.2 Å². The number of fused-ring (bicyclic) bond motifs is 1. The van der Waals surface area contributed by atoms with Crippen molar-refractivity contribution in [2.75, 3.05) is 6.54 Å². The molecule has 2 atom stereocenters. The van der Waals surface area contributed by atoms with Gasteiger partial charge < -0.3 is 16.4 Å². The Morgan fingerprint density at radius 1 is 1.14 bits per heavy atom. The van der Waals surface area contributed by atoms with Crippen LogP contribution in [0, 0.1) is 11.6 Å². The highest BCUT2D eigenvalue weighted by Gasteiger charge is 2.42. The summed E-state index contributed by atoms with van der Waals surface area (Å²) in [6.45, 7) is -0.656. The summed E-state index contributed by atoms with van der Waals surface area (Å²) in [7, 11) is 0. The average Bonchev–Trinajstić information content (AvgIpc) is 3.32. The number of aromatic nitrogens is 3. The van der Waals surface area contributed by atoms with Gasteiger partial charge in [-0.15, -0.1) is 0 Å². The first-order valence-electron chi connectivity index (χ1n) is 13.6.